The lowest BCUT2D eigenvalue weighted by atomic mass is 10.0. The van der Waals surface area contributed by atoms with Crippen molar-refractivity contribution in [3.8, 4) is 0 Å². The van der Waals surface area contributed by atoms with Crippen LogP contribution in [0.5, 0.6) is 0 Å². The lowest BCUT2D eigenvalue weighted by Crippen LogP contribution is -2.30. The van der Waals surface area contributed by atoms with Crippen LogP contribution >= 0.6 is 27.5 Å². The zero-order valence-corrected chi connectivity index (χ0v) is 13.7. The summed E-state index contributed by atoms with van der Waals surface area (Å²) in [6.07, 6.45) is 0.667. The lowest BCUT2D eigenvalue weighted by Gasteiger charge is -2.19. The van der Waals surface area contributed by atoms with E-state index < -0.39 is 0 Å². The summed E-state index contributed by atoms with van der Waals surface area (Å²) >= 11 is 9.48. The number of aromatic nitrogens is 2. The van der Waals surface area contributed by atoms with Gasteiger partial charge in [-0.25, -0.2) is 0 Å². The minimum absolute atomic E-state index is 0.113. The van der Waals surface area contributed by atoms with E-state index in [4.69, 9.17) is 23.2 Å². The van der Waals surface area contributed by atoms with Gasteiger partial charge >= 0.3 is 0 Å². The maximum Gasteiger partial charge on any atom is 0.0738 e. The fraction of sp³-hybridized carbons (Fsp3) is 0.308. The number of rotatable bonds is 4. The number of nitrogens with two attached hydrogens (primary N) is 2. The average molecular weight is 359 g/mol. The molecule has 0 spiro atoms. The normalized spacial score (nSPS) is 12.7. The molecule has 5 nitrogen and oxygen atoms in total. The van der Waals surface area contributed by atoms with E-state index in [-0.39, 0.29) is 6.04 Å². The fourth-order valence-electron chi connectivity index (χ4n) is 2.22. The molecule has 0 aliphatic rings. The number of nitrogens with zero attached hydrogens (tertiary/aromatic N) is 2. The van der Waals surface area contributed by atoms with Crippen LogP contribution in [0.3, 0.4) is 0 Å². The Balaban J connectivity index is 2.33. The smallest absolute Gasteiger partial charge is 0.0738 e. The molecule has 2 aromatic rings. The van der Waals surface area contributed by atoms with Crippen molar-refractivity contribution in [2.24, 2.45) is 12.9 Å². The second-order valence-electron chi connectivity index (χ2n) is 4.67. The molecule has 0 saturated carbocycles. The molecule has 1 aromatic heterocycles. The van der Waals surface area contributed by atoms with Crippen molar-refractivity contribution in [3.63, 3.8) is 0 Å². The number of benzene rings is 1. The second-order valence-corrected chi connectivity index (χ2v) is 5.90. The molecule has 1 unspecified atom stereocenters. The summed E-state index contributed by atoms with van der Waals surface area (Å²) in [5.74, 6) is 5.68. The predicted octanol–water partition coefficient (Wildman–Crippen LogP) is 2.47. The first kappa shape index (κ1) is 15.3. The summed E-state index contributed by atoms with van der Waals surface area (Å²) in [7, 11) is 1.91. The molecule has 5 N–H and O–H groups in total. The van der Waals surface area contributed by atoms with Gasteiger partial charge in [0.2, 0.25) is 0 Å². The van der Waals surface area contributed by atoms with Crippen molar-refractivity contribution in [3.05, 3.63) is 44.6 Å². The summed E-state index contributed by atoms with van der Waals surface area (Å²) in [6.45, 7) is 1.95. The number of nitrogens with one attached hydrogen (secondary N) is 1. The third-order valence-corrected chi connectivity index (χ3v) is 4.55. The Bertz CT molecular complexity index is 625. The van der Waals surface area contributed by atoms with Crippen molar-refractivity contribution in [1.29, 1.82) is 0 Å². The number of hydrazine groups is 1. The molecular formula is C13H17BrClN5. The molecule has 0 aliphatic heterocycles. The summed E-state index contributed by atoms with van der Waals surface area (Å²) in [4.78, 5) is 0. The maximum absolute atomic E-state index is 6.02. The van der Waals surface area contributed by atoms with Crippen molar-refractivity contribution < 1.29 is 0 Å². The summed E-state index contributed by atoms with van der Waals surface area (Å²) < 4.78 is 2.84. The molecular weight excluding hydrogens is 342 g/mol. The van der Waals surface area contributed by atoms with E-state index in [1.54, 1.807) is 12.1 Å². The van der Waals surface area contributed by atoms with E-state index in [1.807, 2.05) is 24.7 Å². The van der Waals surface area contributed by atoms with Crippen molar-refractivity contribution in [1.82, 2.24) is 15.2 Å². The van der Waals surface area contributed by atoms with Crippen LogP contribution in [0.15, 0.2) is 22.7 Å². The Morgan fingerprint density at radius 1 is 1.50 bits per heavy atom. The molecule has 0 saturated heterocycles. The van der Waals surface area contributed by atoms with Gasteiger partial charge in [0, 0.05) is 24.2 Å². The molecule has 1 heterocycles. The van der Waals surface area contributed by atoms with Gasteiger partial charge in [-0.05, 0) is 40.5 Å². The first-order valence-electron chi connectivity index (χ1n) is 6.13. The molecule has 1 aromatic carbocycles. The molecule has 0 aliphatic carbocycles. The van der Waals surface area contributed by atoms with Crippen LogP contribution in [0.25, 0.3) is 0 Å². The zero-order chi connectivity index (χ0) is 14.9. The third kappa shape index (κ3) is 2.98. The molecule has 108 valence electrons. The van der Waals surface area contributed by atoms with Gasteiger partial charge in [0.15, 0.2) is 0 Å². The first-order valence-corrected chi connectivity index (χ1v) is 7.30. The molecule has 0 radical (unpaired) electrons. The monoisotopic (exact) mass is 357 g/mol. The Morgan fingerprint density at radius 3 is 2.70 bits per heavy atom. The van der Waals surface area contributed by atoms with E-state index in [0.717, 1.165) is 21.4 Å². The minimum Gasteiger partial charge on any atom is -0.398 e. The highest BCUT2D eigenvalue weighted by Gasteiger charge is 2.19. The van der Waals surface area contributed by atoms with E-state index in [1.165, 1.54) is 0 Å². The van der Waals surface area contributed by atoms with Gasteiger partial charge in [0.1, 0.15) is 0 Å². The van der Waals surface area contributed by atoms with Crippen molar-refractivity contribution >= 4 is 33.2 Å². The third-order valence-electron chi connectivity index (χ3n) is 3.28. The van der Waals surface area contributed by atoms with Crippen molar-refractivity contribution in [2.45, 2.75) is 19.4 Å². The number of hydrogen-bond acceptors (Lipinski definition) is 4. The van der Waals surface area contributed by atoms with E-state index in [9.17, 15) is 0 Å². The molecule has 0 fully saturated rings. The summed E-state index contributed by atoms with van der Waals surface area (Å²) in [5, 5.41) is 4.99. The molecule has 0 amide bonds. The van der Waals surface area contributed by atoms with Gasteiger partial charge in [-0.2, -0.15) is 5.10 Å². The lowest BCUT2D eigenvalue weighted by molar-refractivity contribution is 0.530. The molecule has 2 rings (SSSR count). The Kier molecular flexibility index (Phi) is 4.70. The molecule has 7 heteroatoms. The first-order chi connectivity index (χ1) is 9.43. The fourth-order valence-corrected chi connectivity index (χ4v) is 2.90. The van der Waals surface area contributed by atoms with Crippen LogP contribution in [-0.4, -0.2) is 9.78 Å². The summed E-state index contributed by atoms with van der Waals surface area (Å²) in [6, 6.07) is 5.31. The quantitative estimate of drug-likeness (QED) is 0.445. The standard InChI is InChI=1S/C13H17BrClN5/c1-7-13(14)12(20(2)19-7)6-11(18-17)9-4-3-8(15)5-10(9)16/h3-5,11,18H,6,16-17H2,1-2H3. The summed E-state index contributed by atoms with van der Waals surface area (Å²) in [5.41, 5.74) is 12.4. The SMILES string of the molecule is Cc1nn(C)c(CC(NN)c2ccc(Cl)cc2N)c1Br. The highest BCUT2D eigenvalue weighted by Crippen LogP contribution is 2.29. The van der Waals surface area contributed by atoms with Crippen LogP contribution in [0.1, 0.15) is 23.0 Å². The average Bonchev–Trinajstić information content (AvgIpc) is 2.62. The molecule has 1 atom stereocenters. The predicted molar refractivity (Wildman–Crippen MR) is 85.3 cm³/mol. The van der Waals surface area contributed by atoms with E-state index >= 15 is 0 Å². The molecule has 20 heavy (non-hydrogen) atoms. The highest BCUT2D eigenvalue weighted by molar-refractivity contribution is 9.10. The number of aryl methyl sites for hydroxylation is 2. The van der Waals surface area contributed by atoms with Gasteiger partial charge in [0.05, 0.1) is 21.9 Å². The zero-order valence-electron chi connectivity index (χ0n) is 11.3. The number of anilines is 1. The Hall–Kier alpha value is -1.08. The van der Waals surface area contributed by atoms with Gasteiger partial charge in [0.25, 0.3) is 0 Å². The van der Waals surface area contributed by atoms with E-state index in [2.05, 4.69) is 26.5 Å². The van der Waals surface area contributed by atoms with Gasteiger partial charge in [-0.1, -0.05) is 17.7 Å². The topological polar surface area (TPSA) is 81.9 Å². The second kappa shape index (κ2) is 6.13. The van der Waals surface area contributed by atoms with Gasteiger partial charge in [-0.15, -0.1) is 0 Å². The molecule has 0 bridgehead atoms. The van der Waals surface area contributed by atoms with Crippen LogP contribution < -0.4 is 17.0 Å². The number of halogens is 2. The Morgan fingerprint density at radius 2 is 2.20 bits per heavy atom. The van der Waals surface area contributed by atoms with Crippen LogP contribution in [0, 0.1) is 6.92 Å². The largest absolute Gasteiger partial charge is 0.398 e. The van der Waals surface area contributed by atoms with Crippen LogP contribution in [0.2, 0.25) is 5.02 Å². The van der Waals surface area contributed by atoms with Crippen LogP contribution in [-0.2, 0) is 13.5 Å². The number of hydrogen-bond donors (Lipinski definition) is 3. The Labute approximate surface area is 131 Å². The van der Waals surface area contributed by atoms with Crippen LogP contribution in [0.4, 0.5) is 5.69 Å². The highest BCUT2D eigenvalue weighted by atomic mass is 79.9. The minimum atomic E-state index is -0.113. The van der Waals surface area contributed by atoms with Gasteiger partial charge in [-0.3, -0.25) is 16.0 Å². The van der Waals surface area contributed by atoms with E-state index in [0.29, 0.717) is 17.1 Å². The number of nitrogen functional groups attached to an aromatic ring is 1. The van der Waals surface area contributed by atoms with Gasteiger partial charge < -0.3 is 5.73 Å². The van der Waals surface area contributed by atoms with Crippen molar-refractivity contribution in [2.75, 3.05) is 5.73 Å². The maximum atomic E-state index is 6.02.